The molecule has 0 aliphatic carbocycles. The third-order valence-electron chi connectivity index (χ3n) is 2.84. The molecule has 90 valence electrons. The third-order valence-corrected chi connectivity index (χ3v) is 3.41. The first-order chi connectivity index (χ1) is 7.45. The van der Waals surface area contributed by atoms with Crippen LogP contribution >= 0.6 is 11.6 Å². The number of phenols is 1. The lowest BCUT2D eigenvalue weighted by Crippen LogP contribution is -2.05. The molecule has 0 heterocycles. The van der Waals surface area contributed by atoms with Crippen molar-refractivity contribution in [1.29, 1.82) is 0 Å². The molecule has 0 amide bonds. The highest BCUT2D eigenvalue weighted by Crippen LogP contribution is 2.43. The van der Waals surface area contributed by atoms with Gasteiger partial charge in [-0.15, -0.1) is 0 Å². The predicted octanol–water partition coefficient (Wildman–Crippen LogP) is 2.77. The van der Waals surface area contributed by atoms with Crippen molar-refractivity contribution in [3.05, 3.63) is 21.7 Å². The van der Waals surface area contributed by atoms with Crippen LogP contribution in [0.3, 0.4) is 0 Å². The van der Waals surface area contributed by atoms with Gasteiger partial charge in [0.25, 0.3) is 0 Å². The molecule has 0 fully saturated rings. The SMILES string of the molecule is COc1c(C)c(Cl)c(C)c(C(C)CO)c1O. The smallest absolute Gasteiger partial charge is 0.165 e. The average Bonchev–Trinajstić information content (AvgIpc) is 2.27. The van der Waals surface area contributed by atoms with Gasteiger partial charge in [-0.3, -0.25) is 0 Å². The maximum absolute atomic E-state index is 10.1. The van der Waals surface area contributed by atoms with Crippen molar-refractivity contribution in [3.63, 3.8) is 0 Å². The average molecular weight is 245 g/mol. The van der Waals surface area contributed by atoms with Crippen LogP contribution in [0.15, 0.2) is 0 Å². The third kappa shape index (κ3) is 1.97. The van der Waals surface area contributed by atoms with Gasteiger partial charge >= 0.3 is 0 Å². The van der Waals surface area contributed by atoms with Gasteiger partial charge in [0.15, 0.2) is 11.5 Å². The van der Waals surface area contributed by atoms with Crippen LogP contribution in [0.2, 0.25) is 5.02 Å². The van der Waals surface area contributed by atoms with E-state index in [1.807, 2.05) is 13.8 Å². The van der Waals surface area contributed by atoms with Crippen LogP contribution in [0.25, 0.3) is 0 Å². The van der Waals surface area contributed by atoms with Gasteiger partial charge in [-0.25, -0.2) is 0 Å². The Kier molecular flexibility index (Phi) is 4.05. The molecule has 0 saturated carbocycles. The summed E-state index contributed by atoms with van der Waals surface area (Å²) in [5.41, 5.74) is 2.15. The number of hydrogen-bond donors (Lipinski definition) is 2. The van der Waals surface area contributed by atoms with Crippen molar-refractivity contribution in [2.75, 3.05) is 13.7 Å². The number of benzene rings is 1. The van der Waals surface area contributed by atoms with Crippen molar-refractivity contribution in [1.82, 2.24) is 0 Å². The zero-order valence-corrected chi connectivity index (χ0v) is 10.7. The molecule has 4 heteroatoms. The second-order valence-electron chi connectivity index (χ2n) is 3.94. The van der Waals surface area contributed by atoms with Crippen LogP contribution < -0.4 is 4.74 Å². The summed E-state index contributed by atoms with van der Waals surface area (Å²) >= 11 is 6.17. The number of hydrogen-bond acceptors (Lipinski definition) is 3. The quantitative estimate of drug-likeness (QED) is 0.860. The van der Waals surface area contributed by atoms with Crippen LogP contribution in [0.1, 0.15) is 29.5 Å². The van der Waals surface area contributed by atoms with E-state index in [4.69, 9.17) is 21.4 Å². The summed E-state index contributed by atoms with van der Waals surface area (Å²) < 4.78 is 5.13. The van der Waals surface area contributed by atoms with E-state index in [0.717, 1.165) is 5.56 Å². The zero-order valence-electron chi connectivity index (χ0n) is 9.97. The van der Waals surface area contributed by atoms with Gasteiger partial charge in [-0.05, 0) is 19.4 Å². The molecule has 0 aliphatic rings. The fourth-order valence-electron chi connectivity index (χ4n) is 1.92. The minimum Gasteiger partial charge on any atom is -0.504 e. The fourth-order valence-corrected chi connectivity index (χ4v) is 2.11. The molecule has 1 unspecified atom stereocenters. The molecule has 1 aromatic carbocycles. The number of aliphatic hydroxyl groups excluding tert-OH is 1. The topological polar surface area (TPSA) is 49.7 Å². The van der Waals surface area contributed by atoms with Gasteiger partial charge in [0.1, 0.15) is 0 Å². The minimum atomic E-state index is -0.174. The Bertz CT molecular complexity index is 402. The number of aliphatic hydroxyl groups is 1. The van der Waals surface area contributed by atoms with Crippen LogP contribution in [0, 0.1) is 13.8 Å². The Balaban J connectivity index is 3.55. The largest absolute Gasteiger partial charge is 0.504 e. The summed E-state index contributed by atoms with van der Waals surface area (Å²) in [5, 5.41) is 19.8. The normalized spacial score (nSPS) is 12.6. The Morgan fingerprint density at radius 1 is 1.31 bits per heavy atom. The van der Waals surface area contributed by atoms with E-state index in [0.29, 0.717) is 21.9 Å². The molecule has 0 bridgehead atoms. The van der Waals surface area contributed by atoms with Crippen LogP contribution in [-0.2, 0) is 0 Å². The number of rotatable bonds is 3. The second kappa shape index (κ2) is 4.93. The molecule has 0 spiro atoms. The van der Waals surface area contributed by atoms with E-state index < -0.39 is 0 Å². The highest BCUT2D eigenvalue weighted by Gasteiger charge is 2.22. The minimum absolute atomic E-state index is 0.0447. The van der Waals surface area contributed by atoms with E-state index in [1.165, 1.54) is 7.11 Å². The number of halogens is 1. The van der Waals surface area contributed by atoms with Crippen LogP contribution in [0.5, 0.6) is 11.5 Å². The van der Waals surface area contributed by atoms with Gasteiger partial charge in [0.05, 0.1) is 12.1 Å². The maximum Gasteiger partial charge on any atom is 0.165 e. The van der Waals surface area contributed by atoms with E-state index in [9.17, 15) is 5.11 Å². The summed E-state index contributed by atoms with van der Waals surface area (Å²) in [5.74, 6) is 0.279. The molecule has 0 aromatic heterocycles. The number of ether oxygens (including phenoxy) is 1. The molecule has 1 atom stereocenters. The summed E-state index contributed by atoms with van der Waals surface area (Å²) in [7, 11) is 1.49. The molecular formula is C12H17ClO3. The van der Waals surface area contributed by atoms with Crippen molar-refractivity contribution in [2.45, 2.75) is 26.7 Å². The highest BCUT2D eigenvalue weighted by atomic mass is 35.5. The number of phenolic OH excluding ortho intramolecular Hbond substituents is 1. The van der Waals surface area contributed by atoms with Gasteiger partial charge in [0.2, 0.25) is 0 Å². The van der Waals surface area contributed by atoms with E-state index in [1.54, 1.807) is 6.92 Å². The van der Waals surface area contributed by atoms with E-state index in [2.05, 4.69) is 0 Å². The van der Waals surface area contributed by atoms with Crippen molar-refractivity contribution < 1.29 is 14.9 Å². The zero-order chi connectivity index (χ0) is 12.5. The molecule has 0 radical (unpaired) electrons. The summed E-state index contributed by atoms with van der Waals surface area (Å²) in [6.07, 6.45) is 0. The highest BCUT2D eigenvalue weighted by molar-refractivity contribution is 6.32. The van der Waals surface area contributed by atoms with Gasteiger partial charge in [-0.1, -0.05) is 18.5 Å². The molecule has 1 rings (SSSR count). The molecule has 2 N–H and O–H groups in total. The Labute approximate surface area is 101 Å². The lowest BCUT2D eigenvalue weighted by atomic mass is 9.93. The summed E-state index contributed by atoms with van der Waals surface area (Å²) in [4.78, 5) is 0. The van der Waals surface area contributed by atoms with E-state index >= 15 is 0 Å². The molecule has 0 aliphatic heterocycles. The number of methoxy groups -OCH3 is 1. The first kappa shape index (κ1) is 13.1. The monoisotopic (exact) mass is 244 g/mol. The summed E-state index contributed by atoms with van der Waals surface area (Å²) in [6.45, 7) is 5.40. The molecule has 3 nitrogen and oxygen atoms in total. The number of aromatic hydroxyl groups is 1. The molecule has 16 heavy (non-hydrogen) atoms. The van der Waals surface area contributed by atoms with Gasteiger partial charge in [-0.2, -0.15) is 0 Å². The predicted molar refractivity (Wildman–Crippen MR) is 64.6 cm³/mol. The van der Waals surface area contributed by atoms with Crippen LogP contribution in [0.4, 0.5) is 0 Å². The summed E-state index contributed by atoms with van der Waals surface area (Å²) in [6, 6.07) is 0. The van der Waals surface area contributed by atoms with Crippen molar-refractivity contribution in [2.24, 2.45) is 0 Å². The Morgan fingerprint density at radius 3 is 2.31 bits per heavy atom. The Morgan fingerprint density at radius 2 is 1.88 bits per heavy atom. The van der Waals surface area contributed by atoms with Crippen LogP contribution in [-0.4, -0.2) is 23.9 Å². The molecule has 1 aromatic rings. The fraction of sp³-hybridized carbons (Fsp3) is 0.500. The lowest BCUT2D eigenvalue weighted by Gasteiger charge is -2.20. The van der Waals surface area contributed by atoms with Crippen molar-refractivity contribution >= 4 is 11.6 Å². The molecule has 0 saturated heterocycles. The molecular weight excluding hydrogens is 228 g/mol. The maximum atomic E-state index is 10.1. The second-order valence-corrected chi connectivity index (χ2v) is 4.32. The first-order valence-electron chi connectivity index (χ1n) is 5.12. The first-order valence-corrected chi connectivity index (χ1v) is 5.49. The standard InChI is InChI=1S/C12H17ClO3/c1-6(5-14)9-7(2)10(13)8(3)12(16-4)11(9)15/h6,14-15H,5H2,1-4H3. The lowest BCUT2D eigenvalue weighted by molar-refractivity contribution is 0.268. The Hall–Kier alpha value is -0.930. The van der Waals surface area contributed by atoms with E-state index in [-0.39, 0.29) is 18.3 Å². The van der Waals surface area contributed by atoms with Gasteiger partial charge in [0, 0.05) is 23.7 Å². The van der Waals surface area contributed by atoms with Gasteiger partial charge < -0.3 is 14.9 Å². The van der Waals surface area contributed by atoms with Crippen molar-refractivity contribution in [3.8, 4) is 11.5 Å².